The number of ether oxygens (including phenoxy) is 1. The largest absolute Gasteiger partial charge is 0.496 e. The molecule has 0 fully saturated rings. The summed E-state index contributed by atoms with van der Waals surface area (Å²) < 4.78 is 6.14. The first-order valence-corrected chi connectivity index (χ1v) is 4.60. The zero-order valence-electron chi connectivity index (χ0n) is 7.23. The molecule has 2 nitrogen and oxygen atoms in total. The Balaban J connectivity index is 3.24. The number of anilines is 1. The lowest BCUT2D eigenvalue weighted by Gasteiger charge is -2.09. The van der Waals surface area contributed by atoms with Crippen molar-refractivity contribution in [2.75, 3.05) is 12.8 Å². The summed E-state index contributed by atoms with van der Waals surface area (Å²) in [5, 5.41) is 0. The predicted octanol–water partition coefficient (Wildman–Crippen LogP) is 2.60. The molecule has 0 amide bonds. The molecule has 0 atom stereocenters. The molecule has 0 bridgehead atoms. The first-order valence-electron chi connectivity index (χ1n) is 3.81. The van der Waals surface area contributed by atoms with Gasteiger partial charge in [-0.15, -0.1) is 0 Å². The van der Waals surface area contributed by atoms with Gasteiger partial charge in [-0.1, -0.05) is 22.9 Å². The van der Waals surface area contributed by atoms with Crippen molar-refractivity contribution in [1.29, 1.82) is 0 Å². The van der Waals surface area contributed by atoms with Gasteiger partial charge in [0.1, 0.15) is 5.75 Å². The molecule has 66 valence electrons. The topological polar surface area (TPSA) is 35.2 Å². The molecule has 0 heterocycles. The lowest BCUT2D eigenvalue weighted by Crippen LogP contribution is -1.97. The summed E-state index contributed by atoms with van der Waals surface area (Å²) in [5.41, 5.74) is 7.65. The number of halogens is 1. The Hall–Kier alpha value is -0.700. The van der Waals surface area contributed by atoms with E-state index in [-0.39, 0.29) is 0 Å². The summed E-state index contributed by atoms with van der Waals surface area (Å²) in [6, 6.07) is 3.82. The monoisotopic (exact) mass is 229 g/mol. The van der Waals surface area contributed by atoms with Crippen LogP contribution in [0, 0.1) is 0 Å². The minimum absolute atomic E-state index is 0.781. The summed E-state index contributed by atoms with van der Waals surface area (Å²) in [6.07, 6.45) is 0.891. The van der Waals surface area contributed by atoms with Crippen molar-refractivity contribution in [3.8, 4) is 5.75 Å². The van der Waals surface area contributed by atoms with Gasteiger partial charge in [0.15, 0.2) is 0 Å². The zero-order valence-corrected chi connectivity index (χ0v) is 8.81. The number of nitrogens with two attached hydrogens (primary N) is 1. The Morgan fingerprint density at radius 2 is 2.17 bits per heavy atom. The molecule has 0 saturated heterocycles. The SMILES string of the molecule is CCc1c(N)cc(Br)cc1OC. The van der Waals surface area contributed by atoms with Crippen LogP contribution < -0.4 is 10.5 Å². The van der Waals surface area contributed by atoms with Gasteiger partial charge in [-0.25, -0.2) is 0 Å². The first kappa shape index (κ1) is 9.39. The number of hydrogen-bond donors (Lipinski definition) is 1. The van der Waals surface area contributed by atoms with Crippen molar-refractivity contribution >= 4 is 21.6 Å². The summed E-state index contributed by atoms with van der Waals surface area (Å²) in [4.78, 5) is 0. The Morgan fingerprint density at radius 1 is 1.50 bits per heavy atom. The number of hydrogen-bond acceptors (Lipinski definition) is 2. The Kier molecular flexibility index (Phi) is 2.98. The molecule has 0 aromatic heterocycles. The fraction of sp³-hybridized carbons (Fsp3) is 0.333. The fourth-order valence-electron chi connectivity index (χ4n) is 1.19. The molecule has 0 aliphatic heterocycles. The van der Waals surface area contributed by atoms with E-state index < -0.39 is 0 Å². The molecule has 0 aliphatic carbocycles. The number of nitrogen functional groups attached to an aromatic ring is 1. The van der Waals surface area contributed by atoms with Crippen molar-refractivity contribution in [3.05, 3.63) is 22.2 Å². The third-order valence-electron chi connectivity index (χ3n) is 1.78. The lowest BCUT2D eigenvalue weighted by atomic mass is 10.1. The van der Waals surface area contributed by atoms with E-state index in [4.69, 9.17) is 10.5 Å². The molecule has 1 rings (SSSR count). The van der Waals surface area contributed by atoms with Gasteiger partial charge in [0, 0.05) is 15.7 Å². The highest BCUT2D eigenvalue weighted by Gasteiger charge is 2.05. The highest BCUT2D eigenvalue weighted by atomic mass is 79.9. The van der Waals surface area contributed by atoms with E-state index in [0.717, 1.165) is 27.9 Å². The molecule has 0 spiro atoms. The molecule has 0 aliphatic rings. The second kappa shape index (κ2) is 3.81. The van der Waals surface area contributed by atoms with Crippen LogP contribution >= 0.6 is 15.9 Å². The minimum Gasteiger partial charge on any atom is -0.496 e. The van der Waals surface area contributed by atoms with E-state index in [0.29, 0.717) is 0 Å². The molecule has 2 N–H and O–H groups in total. The zero-order chi connectivity index (χ0) is 9.14. The third kappa shape index (κ3) is 1.72. The van der Waals surface area contributed by atoms with Crippen molar-refractivity contribution in [2.24, 2.45) is 0 Å². The van der Waals surface area contributed by atoms with Gasteiger partial charge in [-0.3, -0.25) is 0 Å². The van der Waals surface area contributed by atoms with Gasteiger partial charge in [-0.05, 0) is 18.6 Å². The van der Waals surface area contributed by atoms with Gasteiger partial charge in [0.25, 0.3) is 0 Å². The molecular formula is C9H12BrNO. The van der Waals surface area contributed by atoms with Crippen molar-refractivity contribution in [1.82, 2.24) is 0 Å². The van der Waals surface area contributed by atoms with Gasteiger partial charge in [0.2, 0.25) is 0 Å². The molecule has 3 heteroatoms. The van der Waals surface area contributed by atoms with Crippen LogP contribution in [-0.4, -0.2) is 7.11 Å². The first-order chi connectivity index (χ1) is 5.69. The van der Waals surface area contributed by atoms with E-state index >= 15 is 0 Å². The van der Waals surface area contributed by atoms with E-state index in [1.165, 1.54) is 0 Å². The Bertz CT molecular complexity index is 286. The highest BCUT2D eigenvalue weighted by Crippen LogP contribution is 2.29. The van der Waals surface area contributed by atoms with Crippen molar-refractivity contribution in [2.45, 2.75) is 13.3 Å². The Morgan fingerprint density at radius 3 is 2.67 bits per heavy atom. The molecule has 12 heavy (non-hydrogen) atoms. The van der Waals surface area contributed by atoms with E-state index in [1.54, 1.807) is 7.11 Å². The summed E-state index contributed by atoms with van der Waals surface area (Å²) in [7, 11) is 1.65. The molecular weight excluding hydrogens is 218 g/mol. The number of benzene rings is 1. The summed E-state index contributed by atoms with van der Waals surface area (Å²) >= 11 is 3.36. The van der Waals surface area contributed by atoms with Crippen LogP contribution in [0.25, 0.3) is 0 Å². The second-order valence-corrected chi connectivity index (χ2v) is 3.45. The smallest absolute Gasteiger partial charge is 0.125 e. The highest BCUT2D eigenvalue weighted by molar-refractivity contribution is 9.10. The molecule has 0 unspecified atom stereocenters. The lowest BCUT2D eigenvalue weighted by molar-refractivity contribution is 0.410. The van der Waals surface area contributed by atoms with Gasteiger partial charge < -0.3 is 10.5 Å². The van der Waals surface area contributed by atoms with E-state index in [2.05, 4.69) is 22.9 Å². The fourth-order valence-corrected chi connectivity index (χ4v) is 1.65. The predicted molar refractivity (Wildman–Crippen MR) is 54.5 cm³/mol. The maximum Gasteiger partial charge on any atom is 0.125 e. The van der Waals surface area contributed by atoms with Gasteiger partial charge in [-0.2, -0.15) is 0 Å². The summed E-state index contributed by atoms with van der Waals surface area (Å²) in [6.45, 7) is 2.06. The van der Waals surface area contributed by atoms with Crippen LogP contribution in [0.5, 0.6) is 5.75 Å². The van der Waals surface area contributed by atoms with Crippen LogP contribution in [0.1, 0.15) is 12.5 Å². The molecule has 0 radical (unpaired) electrons. The molecule has 1 aromatic rings. The maximum atomic E-state index is 5.80. The second-order valence-electron chi connectivity index (χ2n) is 2.53. The molecule has 1 aromatic carbocycles. The Labute approximate surface area is 80.8 Å². The normalized spacial score (nSPS) is 9.92. The average molecular weight is 230 g/mol. The minimum atomic E-state index is 0.781. The summed E-state index contributed by atoms with van der Waals surface area (Å²) in [5.74, 6) is 0.851. The average Bonchev–Trinajstić information content (AvgIpc) is 2.03. The van der Waals surface area contributed by atoms with Crippen LogP contribution in [0.3, 0.4) is 0 Å². The van der Waals surface area contributed by atoms with Crippen LogP contribution in [0.2, 0.25) is 0 Å². The quantitative estimate of drug-likeness (QED) is 0.792. The molecule has 0 saturated carbocycles. The van der Waals surface area contributed by atoms with Crippen molar-refractivity contribution < 1.29 is 4.74 Å². The number of rotatable bonds is 2. The van der Waals surface area contributed by atoms with E-state index in [1.807, 2.05) is 12.1 Å². The van der Waals surface area contributed by atoms with Crippen molar-refractivity contribution in [3.63, 3.8) is 0 Å². The van der Waals surface area contributed by atoms with Crippen LogP contribution in [0.15, 0.2) is 16.6 Å². The van der Waals surface area contributed by atoms with Crippen LogP contribution in [0.4, 0.5) is 5.69 Å². The van der Waals surface area contributed by atoms with E-state index in [9.17, 15) is 0 Å². The van der Waals surface area contributed by atoms with Gasteiger partial charge >= 0.3 is 0 Å². The maximum absolute atomic E-state index is 5.80. The number of methoxy groups -OCH3 is 1. The van der Waals surface area contributed by atoms with Gasteiger partial charge in [0.05, 0.1) is 7.11 Å². The van der Waals surface area contributed by atoms with Crippen LogP contribution in [-0.2, 0) is 6.42 Å². The standard InChI is InChI=1S/C9H12BrNO/c1-3-7-8(11)4-6(10)5-9(7)12-2/h4-5H,3,11H2,1-2H3. The third-order valence-corrected chi connectivity index (χ3v) is 2.24.